The third kappa shape index (κ3) is 5.17. The number of rotatable bonds is 6. The van der Waals surface area contributed by atoms with Crippen molar-refractivity contribution in [1.29, 1.82) is 0 Å². The molecule has 0 unspecified atom stereocenters. The Labute approximate surface area is 347 Å². The molecule has 1 nitrogen and oxygen atoms in total. The van der Waals surface area contributed by atoms with Crippen molar-refractivity contribution < 1.29 is 0 Å². The first-order valence-corrected chi connectivity index (χ1v) is 21.2. The minimum atomic E-state index is -0.495. The van der Waals surface area contributed by atoms with Gasteiger partial charge in [0.2, 0.25) is 0 Å². The molecule has 276 valence electrons. The molecule has 0 N–H and O–H groups in total. The van der Waals surface area contributed by atoms with Crippen molar-refractivity contribution in [3.8, 4) is 22.3 Å². The van der Waals surface area contributed by atoms with Crippen LogP contribution in [0.5, 0.6) is 0 Å². The highest BCUT2D eigenvalue weighted by Gasteiger charge is 2.46. The van der Waals surface area contributed by atoms with Crippen molar-refractivity contribution in [3.63, 3.8) is 0 Å². The van der Waals surface area contributed by atoms with E-state index in [0.717, 1.165) is 17.1 Å². The summed E-state index contributed by atoms with van der Waals surface area (Å²) in [5.74, 6) is 0. The van der Waals surface area contributed by atoms with Gasteiger partial charge in [-0.05, 0) is 103 Å². The summed E-state index contributed by atoms with van der Waals surface area (Å²) in [6, 6.07) is 83.0. The predicted molar refractivity (Wildman–Crippen MR) is 252 cm³/mol. The van der Waals surface area contributed by atoms with Crippen molar-refractivity contribution in [2.24, 2.45) is 0 Å². The van der Waals surface area contributed by atoms with E-state index in [4.69, 9.17) is 0 Å². The molecular weight excluding hydrogens is 731 g/mol. The van der Waals surface area contributed by atoms with Crippen LogP contribution in [0, 0.1) is 0 Å². The van der Waals surface area contributed by atoms with Crippen LogP contribution in [0.25, 0.3) is 64.0 Å². The van der Waals surface area contributed by atoms with Gasteiger partial charge in [-0.25, -0.2) is 0 Å². The van der Waals surface area contributed by atoms with Crippen LogP contribution in [0.2, 0.25) is 0 Å². The van der Waals surface area contributed by atoms with Crippen molar-refractivity contribution >= 4 is 70.1 Å². The summed E-state index contributed by atoms with van der Waals surface area (Å²) in [6.45, 7) is 0. The number of fused-ring (bicyclic) bond motifs is 10. The van der Waals surface area contributed by atoms with E-state index in [0.29, 0.717) is 0 Å². The van der Waals surface area contributed by atoms with E-state index in [1.807, 2.05) is 11.3 Å². The van der Waals surface area contributed by atoms with E-state index in [1.54, 1.807) is 0 Å². The Morgan fingerprint density at radius 1 is 0.356 bits per heavy atom. The van der Waals surface area contributed by atoms with Gasteiger partial charge in [0.15, 0.2) is 0 Å². The zero-order chi connectivity index (χ0) is 38.9. The first-order valence-electron chi connectivity index (χ1n) is 20.3. The average Bonchev–Trinajstić information content (AvgIpc) is 3.84. The van der Waals surface area contributed by atoms with E-state index < -0.39 is 5.41 Å². The molecule has 0 saturated heterocycles. The Balaban J connectivity index is 1.08. The lowest BCUT2D eigenvalue weighted by atomic mass is 9.67. The van der Waals surface area contributed by atoms with E-state index >= 15 is 0 Å². The minimum absolute atomic E-state index is 0.495. The van der Waals surface area contributed by atoms with Crippen LogP contribution < -0.4 is 4.90 Å². The number of anilines is 3. The van der Waals surface area contributed by atoms with E-state index in [2.05, 4.69) is 229 Å². The molecule has 2 heteroatoms. The van der Waals surface area contributed by atoms with Crippen molar-refractivity contribution in [3.05, 3.63) is 247 Å². The van der Waals surface area contributed by atoms with Crippen LogP contribution in [0.15, 0.2) is 224 Å². The molecule has 1 aromatic heterocycles. The molecule has 12 rings (SSSR count). The van der Waals surface area contributed by atoms with Gasteiger partial charge in [-0.3, -0.25) is 0 Å². The molecule has 0 bridgehead atoms. The molecule has 0 amide bonds. The molecule has 1 aliphatic carbocycles. The van der Waals surface area contributed by atoms with Crippen molar-refractivity contribution in [2.45, 2.75) is 5.41 Å². The lowest BCUT2D eigenvalue weighted by Gasteiger charge is -2.35. The molecule has 0 saturated carbocycles. The Morgan fingerprint density at radius 3 is 1.71 bits per heavy atom. The molecule has 0 fully saturated rings. The summed E-state index contributed by atoms with van der Waals surface area (Å²) in [5, 5.41) is 7.76. The second-order valence-electron chi connectivity index (χ2n) is 15.6. The second-order valence-corrected chi connectivity index (χ2v) is 16.7. The smallest absolute Gasteiger partial charge is 0.0714 e. The first kappa shape index (κ1) is 33.8. The molecule has 0 aliphatic heterocycles. The number of nitrogens with zero attached hydrogens (tertiary/aromatic N) is 1. The van der Waals surface area contributed by atoms with Gasteiger partial charge < -0.3 is 4.90 Å². The fraction of sp³-hybridized carbons (Fsp3) is 0.0175. The topological polar surface area (TPSA) is 3.24 Å². The summed E-state index contributed by atoms with van der Waals surface area (Å²) in [5.41, 5.74) is 13.0. The average molecular weight is 768 g/mol. The molecule has 1 aliphatic rings. The Kier molecular flexibility index (Phi) is 7.69. The SMILES string of the molecule is c1ccc(-c2ccc(N(c3cccc(C4(c5ccccc5)c5ccccc5-c5ccccc54)c3)c3ccc4c(ccc5ccc6c7ccccc7sc6c54)c3)cc2)cc1. The number of hydrogen-bond acceptors (Lipinski definition) is 2. The summed E-state index contributed by atoms with van der Waals surface area (Å²) in [4.78, 5) is 2.44. The summed E-state index contributed by atoms with van der Waals surface area (Å²) < 4.78 is 2.68. The van der Waals surface area contributed by atoms with E-state index in [-0.39, 0.29) is 0 Å². The Bertz CT molecular complexity index is 3330. The highest BCUT2D eigenvalue weighted by Crippen LogP contribution is 2.56. The molecule has 10 aromatic carbocycles. The van der Waals surface area contributed by atoms with Crippen LogP contribution in [0.4, 0.5) is 17.1 Å². The van der Waals surface area contributed by atoms with Gasteiger partial charge in [0, 0.05) is 42.6 Å². The van der Waals surface area contributed by atoms with Gasteiger partial charge in [-0.1, -0.05) is 182 Å². The lowest BCUT2D eigenvalue weighted by Crippen LogP contribution is -2.28. The first-order chi connectivity index (χ1) is 29.3. The second kappa shape index (κ2) is 13.4. The van der Waals surface area contributed by atoms with Gasteiger partial charge >= 0.3 is 0 Å². The molecule has 11 aromatic rings. The summed E-state index contributed by atoms with van der Waals surface area (Å²) >= 11 is 1.90. The third-order valence-electron chi connectivity index (χ3n) is 12.5. The van der Waals surface area contributed by atoms with Gasteiger partial charge in [0.25, 0.3) is 0 Å². The molecule has 59 heavy (non-hydrogen) atoms. The van der Waals surface area contributed by atoms with Crippen LogP contribution in [0.1, 0.15) is 22.3 Å². The third-order valence-corrected chi connectivity index (χ3v) is 13.7. The fourth-order valence-corrected chi connectivity index (χ4v) is 11.2. The molecular formula is C57H37NS. The quantitative estimate of drug-likeness (QED) is 0.152. The minimum Gasteiger partial charge on any atom is -0.310 e. The summed E-state index contributed by atoms with van der Waals surface area (Å²) in [7, 11) is 0. The number of thiophene rings is 1. The lowest BCUT2D eigenvalue weighted by molar-refractivity contribution is 0.768. The highest BCUT2D eigenvalue weighted by atomic mass is 32.1. The maximum absolute atomic E-state index is 2.44. The Hall–Kier alpha value is -7.26. The normalized spacial score (nSPS) is 12.9. The van der Waals surface area contributed by atoms with Crippen molar-refractivity contribution in [2.75, 3.05) is 4.90 Å². The van der Waals surface area contributed by atoms with E-state index in [9.17, 15) is 0 Å². The highest BCUT2D eigenvalue weighted by molar-refractivity contribution is 7.26. The maximum Gasteiger partial charge on any atom is 0.0714 e. The van der Waals surface area contributed by atoms with Crippen LogP contribution in [-0.2, 0) is 5.41 Å². The van der Waals surface area contributed by atoms with Gasteiger partial charge in [0.05, 0.1) is 5.41 Å². The standard InChI is InChI=1S/C57H37NS/c1-3-14-38(15-4-1)39-28-31-44(32-29-39)58(46-33-35-47-41(36-46)27-26-40-30-34-51-50-22-9-12-25-54(50)59-56(51)55(40)47)45-19-13-18-43(37-45)57(42-16-5-2-6-17-42)52-23-10-7-20-48(52)49-21-8-11-24-53(49)57/h1-37H. The molecule has 0 atom stereocenters. The zero-order valence-electron chi connectivity index (χ0n) is 32.2. The number of benzene rings is 10. The monoisotopic (exact) mass is 767 g/mol. The van der Waals surface area contributed by atoms with Gasteiger partial charge in [0.1, 0.15) is 0 Å². The van der Waals surface area contributed by atoms with Crippen LogP contribution in [0.3, 0.4) is 0 Å². The van der Waals surface area contributed by atoms with Gasteiger partial charge in [-0.15, -0.1) is 11.3 Å². The largest absolute Gasteiger partial charge is 0.310 e. The van der Waals surface area contributed by atoms with Crippen LogP contribution in [-0.4, -0.2) is 0 Å². The van der Waals surface area contributed by atoms with Crippen LogP contribution >= 0.6 is 11.3 Å². The molecule has 0 radical (unpaired) electrons. The Morgan fingerprint density at radius 2 is 0.932 bits per heavy atom. The predicted octanol–water partition coefficient (Wildman–Crippen LogP) is 15.9. The molecule has 1 heterocycles. The van der Waals surface area contributed by atoms with Crippen molar-refractivity contribution in [1.82, 2.24) is 0 Å². The molecule has 0 spiro atoms. The zero-order valence-corrected chi connectivity index (χ0v) is 33.0. The van der Waals surface area contributed by atoms with E-state index in [1.165, 1.54) is 86.2 Å². The number of hydrogen-bond donors (Lipinski definition) is 0. The fourth-order valence-electron chi connectivity index (χ4n) is 9.93. The summed E-state index contributed by atoms with van der Waals surface area (Å²) in [6.07, 6.45) is 0. The van der Waals surface area contributed by atoms with Gasteiger partial charge in [-0.2, -0.15) is 0 Å². The maximum atomic E-state index is 2.44.